The summed E-state index contributed by atoms with van der Waals surface area (Å²) in [7, 11) is 1.99. The summed E-state index contributed by atoms with van der Waals surface area (Å²) in [5, 5.41) is 31.6. The van der Waals surface area contributed by atoms with E-state index in [-0.39, 0.29) is 44.0 Å². The van der Waals surface area contributed by atoms with Crippen molar-refractivity contribution in [3.63, 3.8) is 0 Å². The van der Waals surface area contributed by atoms with Gasteiger partial charge in [-0.15, -0.1) is 5.10 Å². The highest BCUT2D eigenvalue weighted by Crippen LogP contribution is 2.40. The Bertz CT molecular complexity index is 7840. The Kier molecular flexibility index (Phi) is 34.9. The second kappa shape index (κ2) is 49.9. The number of ether oxygens (including phenoxy) is 7. The monoisotopic (exact) mass is 1970 g/mol. The lowest BCUT2D eigenvalue weighted by atomic mass is 9.91. The molecule has 17 nitrogen and oxygen atoms in total. The van der Waals surface area contributed by atoms with Crippen LogP contribution >= 0.6 is 24.0 Å². The van der Waals surface area contributed by atoms with Gasteiger partial charge in [-0.05, 0) is 265 Å². The lowest BCUT2D eigenvalue weighted by molar-refractivity contribution is -0.138. The Hall–Kier alpha value is -16.6. The zero-order valence-electron chi connectivity index (χ0n) is 82.5. The van der Waals surface area contributed by atoms with Gasteiger partial charge in [0.1, 0.15) is 28.9 Å². The Labute approximate surface area is 859 Å². The number of rotatable bonds is 35. The SMILES string of the molecule is C/C(=N\N=C\c1ccc2ccccc2c1)c1cc(-c2ccc(-c3cc(C)cc(C)c3)cc2)ccc1OC(=O)CCS.C=CC(=O)OCCCOc1ccc(-c2ccc(-c3ccc(-c4ccc(CCC)cc4)cc3/C(C)=N/N=c3\sc4ccccc4n3C)cc2F)cc1.C=CC(=O)OCCCOc1ccc(-c2ccc(-c3ccc(-c4ccc5cc(CCC)ccc5c4)cc3/C=N/N=C/c3ccc4c(c3)OCO4)cc2F)cc1. The molecule has 1 aliphatic heterocycles. The molecule has 146 heavy (non-hydrogen) atoms. The van der Waals surface area contributed by atoms with E-state index in [0.29, 0.717) is 88.5 Å². The van der Waals surface area contributed by atoms with Crippen molar-refractivity contribution in [2.24, 2.45) is 37.7 Å². The van der Waals surface area contributed by atoms with Gasteiger partial charge < -0.3 is 37.7 Å². The van der Waals surface area contributed by atoms with Crippen LogP contribution in [0.1, 0.15) is 110 Å². The summed E-state index contributed by atoms with van der Waals surface area (Å²) < 4.78 is 72.9. The molecule has 18 rings (SSSR count). The van der Waals surface area contributed by atoms with Crippen LogP contribution in [0.15, 0.2) is 384 Å². The molecule has 732 valence electrons. The van der Waals surface area contributed by atoms with Crippen LogP contribution in [0, 0.1) is 25.5 Å². The number of benzene rings is 16. The van der Waals surface area contributed by atoms with E-state index in [1.54, 1.807) is 60.3 Å². The van der Waals surface area contributed by atoms with E-state index in [9.17, 15) is 14.4 Å². The fourth-order valence-corrected chi connectivity index (χ4v) is 18.3. The third-order valence-electron chi connectivity index (χ3n) is 24.6. The molecule has 17 aromatic rings. The maximum absolute atomic E-state index is 15.9. The Balaban J connectivity index is 0.000000158. The molecule has 0 bridgehead atoms. The first-order chi connectivity index (χ1) is 71.2. The van der Waals surface area contributed by atoms with Gasteiger partial charge in [0.15, 0.2) is 11.5 Å². The lowest BCUT2D eigenvalue weighted by Gasteiger charge is -2.14. The number of para-hydroxylation sites is 1. The predicted molar refractivity (Wildman–Crippen MR) is 594 cm³/mol. The number of carbonyl (C=O) groups excluding carboxylic acids is 3. The number of hydrogen-bond donors (Lipinski definition) is 1. The van der Waals surface area contributed by atoms with Crippen LogP contribution in [0.4, 0.5) is 8.78 Å². The van der Waals surface area contributed by atoms with Gasteiger partial charge >= 0.3 is 17.9 Å². The number of thiol groups is 1. The van der Waals surface area contributed by atoms with Crippen molar-refractivity contribution in [1.29, 1.82) is 0 Å². The van der Waals surface area contributed by atoms with Crippen LogP contribution in [0.3, 0.4) is 0 Å². The summed E-state index contributed by atoms with van der Waals surface area (Å²) in [5.74, 6) is 1.61. The first-order valence-electron chi connectivity index (χ1n) is 48.6. The molecular formula is C125H111F2N7O10S2. The average molecular weight is 1970 g/mol. The molecule has 0 saturated heterocycles. The van der Waals surface area contributed by atoms with Gasteiger partial charge in [0, 0.05) is 65.6 Å². The van der Waals surface area contributed by atoms with E-state index in [4.69, 9.17) is 38.3 Å². The van der Waals surface area contributed by atoms with E-state index >= 15 is 8.78 Å². The van der Waals surface area contributed by atoms with Gasteiger partial charge in [-0.2, -0.15) is 38.1 Å². The van der Waals surface area contributed by atoms with E-state index in [2.05, 4.69) is 243 Å². The minimum atomic E-state index is -0.460. The lowest BCUT2D eigenvalue weighted by Crippen LogP contribution is -2.11. The molecule has 0 fully saturated rings. The maximum atomic E-state index is 15.9. The second-order valence-electron chi connectivity index (χ2n) is 35.2. The molecule has 1 aliphatic rings. The summed E-state index contributed by atoms with van der Waals surface area (Å²) in [5.41, 5.74) is 26.0. The molecule has 0 N–H and O–H groups in total. The van der Waals surface area contributed by atoms with E-state index in [1.807, 2.05) is 159 Å². The van der Waals surface area contributed by atoms with Crippen LogP contribution in [0.5, 0.6) is 28.7 Å². The minimum Gasteiger partial charge on any atom is -0.493 e. The van der Waals surface area contributed by atoms with Crippen molar-refractivity contribution in [2.75, 3.05) is 39.0 Å². The Morgan fingerprint density at radius 1 is 0.432 bits per heavy atom. The van der Waals surface area contributed by atoms with Crippen LogP contribution < -0.4 is 28.5 Å². The molecule has 0 unspecified atom stereocenters. The van der Waals surface area contributed by atoms with Gasteiger partial charge in [-0.3, -0.25) is 4.79 Å². The first kappa shape index (κ1) is 102. The Morgan fingerprint density at radius 3 is 1.56 bits per heavy atom. The highest BCUT2D eigenvalue weighted by molar-refractivity contribution is 7.80. The molecule has 2 heterocycles. The van der Waals surface area contributed by atoms with Crippen LogP contribution in [0.25, 0.3) is 121 Å². The second-order valence-corrected chi connectivity index (χ2v) is 36.6. The first-order valence-corrected chi connectivity index (χ1v) is 50.0. The number of esters is 3. The predicted octanol–water partition coefficient (Wildman–Crippen LogP) is 29.6. The van der Waals surface area contributed by atoms with Crippen LogP contribution in [-0.2, 0) is 43.7 Å². The van der Waals surface area contributed by atoms with Crippen LogP contribution in [-0.4, -0.2) is 91.5 Å². The van der Waals surface area contributed by atoms with E-state index in [0.717, 1.165) is 147 Å². The molecule has 1 aromatic heterocycles. The number of carbonyl (C=O) groups is 3. The highest BCUT2D eigenvalue weighted by atomic mass is 32.1. The van der Waals surface area contributed by atoms with Crippen molar-refractivity contribution in [3.05, 3.63) is 419 Å². The topological polar surface area (TPSA) is 195 Å². The minimum absolute atomic E-state index is 0.201. The van der Waals surface area contributed by atoms with Crippen molar-refractivity contribution in [3.8, 4) is 118 Å². The molecule has 0 amide bonds. The van der Waals surface area contributed by atoms with Gasteiger partial charge in [0.25, 0.3) is 0 Å². The largest absolute Gasteiger partial charge is 0.493 e. The summed E-state index contributed by atoms with van der Waals surface area (Å²) in [6.45, 7) is 20.7. The molecule has 0 saturated carbocycles. The van der Waals surface area contributed by atoms with Gasteiger partial charge in [0.05, 0.1) is 73.1 Å². The van der Waals surface area contributed by atoms with Crippen molar-refractivity contribution in [1.82, 2.24) is 4.57 Å². The van der Waals surface area contributed by atoms with Gasteiger partial charge in [0.2, 0.25) is 11.6 Å². The quantitative estimate of drug-likeness (QED) is 0.00759. The summed E-state index contributed by atoms with van der Waals surface area (Å²) >= 11 is 5.75. The van der Waals surface area contributed by atoms with Gasteiger partial charge in [-0.25, -0.2) is 18.4 Å². The molecule has 0 atom stereocenters. The summed E-state index contributed by atoms with van der Waals surface area (Å²) in [6.07, 6.45) is 13.0. The molecular weight excluding hydrogens is 1860 g/mol. The molecule has 0 spiro atoms. The molecule has 21 heteroatoms. The van der Waals surface area contributed by atoms with Crippen molar-refractivity contribution >= 4 is 104 Å². The summed E-state index contributed by atoms with van der Waals surface area (Å²) in [4.78, 5) is 35.5. The standard InChI is InChI=1S/C46H39FN2O5.C43H40FN3O3S.C36H32N2O2S/c1-3-6-31-7-9-35-25-36(11-10-34(35)23-31)37-14-18-41(39(26-37)29-49-48-28-32-8-20-44-45(24-32)54-30-53-44)38-15-19-42(43(47)27-38)33-12-16-40(17-13-33)51-21-5-22-52-46(50)4-2;1-5-10-30-13-15-31(16-14-30)33-19-23-36(38(27-33)29(3)45-46-43-47(4)40-11-7-8-12-41(40)51-43)34-20-24-37(39(44)28-34)32-17-21-35(22-18-32)49-25-9-26-50-42(48)6-2;1-24-18-25(2)20-33(19-24)30-12-10-29(11-13-30)32-14-15-35(40-36(39)16-17-41)34(22-32)26(3)38-37-23-27-8-9-28-6-4-5-7-31(28)21-27/h4,7-20,23-29H,2-3,5-6,21-22,30H2,1H3;6-8,11-24,27-28H,2,5,9-10,25-26H2,1,3-4H3;4-15,18-23,41H,16-17H2,1-3H3/b48-28+,49-29+;45-29+,46-43-;37-23+,38-26+. The molecule has 0 radical (unpaired) electrons. The third-order valence-corrected chi connectivity index (χ3v) is 26.0. The fourth-order valence-electron chi connectivity index (χ4n) is 17.1. The average Bonchev–Trinajstić information content (AvgIpc) is 0.947. The zero-order valence-corrected chi connectivity index (χ0v) is 84.2. The number of fused-ring (bicyclic) bond motifs is 4. The Morgan fingerprint density at radius 2 is 0.918 bits per heavy atom. The van der Waals surface area contributed by atoms with Gasteiger partial charge in [-0.1, -0.05) is 287 Å². The van der Waals surface area contributed by atoms with E-state index < -0.39 is 11.9 Å². The number of thiazole rings is 1. The number of nitrogens with zero attached hydrogens (tertiary/aromatic N) is 7. The fraction of sp³-hybridized carbons (Fsp3) is 0.160. The highest BCUT2D eigenvalue weighted by Gasteiger charge is 2.21. The molecule has 0 aliphatic carbocycles. The zero-order chi connectivity index (χ0) is 102. The molecule has 16 aromatic carbocycles. The smallest absolute Gasteiger partial charge is 0.330 e. The number of hydrogen-bond acceptors (Lipinski definition) is 18. The number of halogens is 2. The van der Waals surface area contributed by atoms with Crippen LogP contribution in [0.2, 0.25) is 0 Å². The van der Waals surface area contributed by atoms with Crippen molar-refractivity contribution in [2.45, 2.75) is 86.5 Å². The number of aryl methyl sites for hydroxylation is 5. The van der Waals surface area contributed by atoms with E-state index in [1.165, 1.54) is 49.5 Å². The maximum Gasteiger partial charge on any atom is 0.330 e. The normalized spacial score (nSPS) is 11.9. The number of aromatic nitrogens is 1. The van der Waals surface area contributed by atoms with Crippen molar-refractivity contribution < 1.29 is 56.3 Å². The summed E-state index contributed by atoms with van der Waals surface area (Å²) in [6, 6.07) is 108. The third kappa shape index (κ3) is 26.8.